The summed E-state index contributed by atoms with van der Waals surface area (Å²) < 4.78 is 27.7. The monoisotopic (exact) mass is 442 g/mol. The van der Waals surface area contributed by atoms with Gasteiger partial charge in [0.1, 0.15) is 0 Å². The average molecular weight is 443 g/mol. The van der Waals surface area contributed by atoms with Crippen LogP contribution < -0.4 is 5.32 Å². The molecule has 2 aromatic rings. The Hall–Kier alpha value is -2.18. The van der Waals surface area contributed by atoms with Crippen molar-refractivity contribution in [2.75, 3.05) is 13.1 Å². The lowest BCUT2D eigenvalue weighted by molar-refractivity contribution is -0.132. The molecule has 1 aliphatic heterocycles. The molecule has 0 aliphatic carbocycles. The Labute approximate surface area is 186 Å². The average Bonchev–Trinajstić information content (AvgIpc) is 2.72. The lowest BCUT2D eigenvalue weighted by atomic mass is 9.80. The van der Waals surface area contributed by atoms with Crippen LogP contribution in [0.15, 0.2) is 53.4 Å². The van der Waals surface area contributed by atoms with Crippen LogP contribution in [0.5, 0.6) is 0 Å². The van der Waals surface area contributed by atoms with E-state index in [1.165, 1.54) is 4.31 Å². The molecule has 2 aromatic carbocycles. The van der Waals surface area contributed by atoms with Crippen LogP contribution in [0.3, 0.4) is 0 Å². The van der Waals surface area contributed by atoms with E-state index in [-0.39, 0.29) is 11.3 Å². The van der Waals surface area contributed by atoms with Gasteiger partial charge in [0, 0.05) is 25.0 Å². The number of nitrogens with zero attached hydrogens (tertiary/aromatic N) is 1. The fraction of sp³-hybridized carbons (Fsp3) is 0.480. The fourth-order valence-corrected chi connectivity index (χ4v) is 5.36. The summed E-state index contributed by atoms with van der Waals surface area (Å²) in [5.74, 6) is -0.0117. The van der Waals surface area contributed by atoms with E-state index >= 15 is 0 Å². The van der Waals surface area contributed by atoms with E-state index in [2.05, 4.69) is 26.1 Å². The first-order valence-corrected chi connectivity index (χ1v) is 12.3. The molecule has 1 fully saturated rings. The van der Waals surface area contributed by atoms with Crippen molar-refractivity contribution < 1.29 is 13.2 Å². The lowest BCUT2D eigenvalue weighted by Crippen LogP contribution is -2.48. The van der Waals surface area contributed by atoms with Crippen LogP contribution in [-0.2, 0) is 26.8 Å². The number of hydrogen-bond acceptors (Lipinski definition) is 3. The first-order valence-electron chi connectivity index (χ1n) is 10.9. The number of sulfonamides is 1. The Balaban J connectivity index is 1.63. The zero-order chi connectivity index (χ0) is 22.9. The molecule has 1 amide bonds. The molecule has 0 bridgehead atoms. The standard InChI is InChI=1S/C25H34N2O3S/c1-19-8-6-7-9-20(19)18-26-23(28)25(5)14-16-27(17-15-25)31(29,30)22-12-10-21(11-13-22)24(2,3)4/h6-13H,14-18H2,1-5H3,(H,26,28). The van der Waals surface area contributed by atoms with Crippen molar-refractivity contribution in [3.63, 3.8) is 0 Å². The largest absolute Gasteiger partial charge is 0.352 e. The van der Waals surface area contributed by atoms with Gasteiger partial charge in [0.2, 0.25) is 15.9 Å². The normalized spacial score (nSPS) is 17.3. The molecule has 3 rings (SSSR count). The van der Waals surface area contributed by atoms with E-state index in [1.54, 1.807) is 12.1 Å². The van der Waals surface area contributed by atoms with Crippen LogP contribution in [0.2, 0.25) is 0 Å². The van der Waals surface area contributed by atoms with E-state index in [1.807, 2.05) is 50.2 Å². The summed E-state index contributed by atoms with van der Waals surface area (Å²) in [4.78, 5) is 13.2. The van der Waals surface area contributed by atoms with E-state index in [9.17, 15) is 13.2 Å². The number of hydrogen-bond donors (Lipinski definition) is 1. The van der Waals surface area contributed by atoms with E-state index < -0.39 is 15.4 Å². The van der Waals surface area contributed by atoms with Crippen molar-refractivity contribution >= 4 is 15.9 Å². The minimum absolute atomic E-state index is 0.0117. The van der Waals surface area contributed by atoms with Crippen molar-refractivity contribution in [3.05, 3.63) is 65.2 Å². The second-order valence-electron chi connectivity index (χ2n) is 9.85. The highest BCUT2D eigenvalue weighted by molar-refractivity contribution is 7.89. The number of carbonyl (C=O) groups excluding carboxylic acids is 1. The molecule has 31 heavy (non-hydrogen) atoms. The number of piperidine rings is 1. The molecular formula is C25H34N2O3S. The Bertz CT molecular complexity index is 1030. The summed E-state index contributed by atoms with van der Waals surface area (Å²) in [6, 6.07) is 15.2. The zero-order valence-corrected chi connectivity index (χ0v) is 20.1. The molecular weight excluding hydrogens is 408 g/mol. The van der Waals surface area contributed by atoms with Gasteiger partial charge in [-0.25, -0.2) is 8.42 Å². The topological polar surface area (TPSA) is 66.5 Å². The van der Waals surface area contributed by atoms with Crippen molar-refractivity contribution in [2.24, 2.45) is 5.41 Å². The molecule has 1 saturated heterocycles. The van der Waals surface area contributed by atoms with E-state index in [0.29, 0.717) is 37.4 Å². The summed E-state index contributed by atoms with van der Waals surface area (Å²) in [7, 11) is -3.56. The van der Waals surface area contributed by atoms with Crippen LogP contribution in [0.25, 0.3) is 0 Å². The smallest absolute Gasteiger partial charge is 0.243 e. The van der Waals surface area contributed by atoms with Crippen molar-refractivity contribution in [3.8, 4) is 0 Å². The molecule has 6 heteroatoms. The molecule has 1 aliphatic rings. The van der Waals surface area contributed by atoms with Crippen LogP contribution in [0.1, 0.15) is 57.2 Å². The zero-order valence-electron chi connectivity index (χ0n) is 19.2. The Morgan fingerprint density at radius 3 is 2.16 bits per heavy atom. The number of benzene rings is 2. The fourth-order valence-electron chi connectivity index (χ4n) is 3.92. The Morgan fingerprint density at radius 2 is 1.61 bits per heavy atom. The second-order valence-corrected chi connectivity index (χ2v) is 11.8. The quantitative estimate of drug-likeness (QED) is 0.746. The minimum atomic E-state index is -3.56. The highest BCUT2D eigenvalue weighted by Crippen LogP contribution is 2.34. The predicted molar refractivity (Wildman–Crippen MR) is 124 cm³/mol. The van der Waals surface area contributed by atoms with Gasteiger partial charge in [-0.05, 0) is 54.0 Å². The van der Waals surface area contributed by atoms with Gasteiger partial charge in [0.25, 0.3) is 0 Å². The number of amides is 1. The van der Waals surface area contributed by atoms with E-state index in [4.69, 9.17) is 0 Å². The van der Waals surface area contributed by atoms with Crippen LogP contribution in [-0.4, -0.2) is 31.7 Å². The van der Waals surface area contributed by atoms with Gasteiger partial charge in [-0.15, -0.1) is 0 Å². The van der Waals surface area contributed by atoms with Crippen LogP contribution in [0, 0.1) is 12.3 Å². The third kappa shape index (κ3) is 5.18. The van der Waals surface area contributed by atoms with Crippen molar-refractivity contribution in [1.29, 1.82) is 0 Å². The van der Waals surface area contributed by atoms with E-state index in [0.717, 1.165) is 16.7 Å². The highest BCUT2D eigenvalue weighted by Gasteiger charge is 2.40. The molecule has 0 atom stereocenters. The molecule has 1 heterocycles. The number of aryl methyl sites for hydroxylation is 1. The maximum absolute atomic E-state index is 13.1. The molecule has 0 radical (unpaired) electrons. The third-order valence-corrected chi connectivity index (χ3v) is 8.35. The number of rotatable bonds is 5. The van der Waals surface area contributed by atoms with Gasteiger partial charge in [-0.3, -0.25) is 4.79 Å². The summed E-state index contributed by atoms with van der Waals surface area (Å²) in [5, 5.41) is 3.05. The van der Waals surface area contributed by atoms with Gasteiger partial charge in [0.15, 0.2) is 0 Å². The maximum atomic E-state index is 13.1. The molecule has 168 valence electrons. The molecule has 0 unspecified atom stereocenters. The van der Waals surface area contributed by atoms with Gasteiger partial charge in [-0.1, -0.05) is 64.1 Å². The first kappa shape index (κ1) is 23.5. The van der Waals surface area contributed by atoms with Gasteiger partial charge in [-0.2, -0.15) is 4.31 Å². The third-order valence-electron chi connectivity index (χ3n) is 6.43. The Kier molecular flexibility index (Phi) is 6.63. The van der Waals surface area contributed by atoms with Crippen LogP contribution in [0.4, 0.5) is 0 Å². The summed E-state index contributed by atoms with van der Waals surface area (Å²) in [6.45, 7) is 11.5. The molecule has 0 spiro atoms. The predicted octanol–water partition coefficient (Wildman–Crippen LogP) is 4.40. The molecule has 0 saturated carbocycles. The molecule has 1 N–H and O–H groups in total. The first-order chi connectivity index (χ1) is 14.4. The van der Waals surface area contributed by atoms with Crippen molar-refractivity contribution in [1.82, 2.24) is 9.62 Å². The minimum Gasteiger partial charge on any atom is -0.352 e. The van der Waals surface area contributed by atoms with Gasteiger partial charge in [0.05, 0.1) is 4.90 Å². The van der Waals surface area contributed by atoms with Crippen LogP contribution >= 0.6 is 0 Å². The second kappa shape index (κ2) is 8.75. The summed E-state index contributed by atoms with van der Waals surface area (Å²) in [6.07, 6.45) is 1.01. The Morgan fingerprint density at radius 1 is 1.03 bits per heavy atom. The van der Waals surface area contributed by atoms with Crippen molar-refractivity contribution in [2.45, 2.75) is 64.3 Å². The number of nitrogens with one attached hydrogen (secondary N) is 1. The SMILES string of the molecule is Cc1ccccc1CNC(=O)C1(C)CCN(S(=O)(=O)c2ccc(C(C)(C)C)cc2)CC1. The highest BCUT2D eigenvalue weighted by atomic mass is 32.2. The maximum Gasteiger partial charge on any atom is 0.243 e. The molecule has 0 aromatic heterocycles. The van der Waals surface area contributed by atoms with Gasteiger partial charge >= 0.3 is 0 Å². The number of carbonyl (C=O) groups is 1. The molecule has 5 nitrogen and oxygen atoms in total. The summed E-state index contributed by atoms with van der Waals surface area (Å²) in [5.41, 5.74) is 2.75. The summed E-state index contributed by atoms with van der Waals surface area (Å²) >= 11 is 0. The van der Waals surface area contributed by atoms with Gasteiger partial charge < -0.3 is 5.32 Å². The lowest BCUT2D eigenvalue weighted by Gasteiger charge is -2.37.